The van der Waals surface area contributed by atoms with Crippen molar-refractivity contribution in [1.29, 1.82) is 0 Å². The first kappa shape index (κ1) is 22.0. The minimum atomic E-state index is -4.37. The molecule has 0 saturated heterocycles. The van der Waals surface area contributed by atoms with Gasteiger partial charge in [0.1, 0.15) is 11.4 Å². The third-order valence-electron chi connectivity index (χ3n) is 3.64. The topological polar surface area (TPSA) is 154 Å². The summed E-state index contributed by atoms with van der Waals surface area (Å²) in [7, 11) is -8.69. The Morgan fingerprint density at radius 3 is 1.86 bits per heavy atom. The van der Waals surface area contributed by atoms with E-state index in [0.717, 1.165) is 18.2 Å². The Balaban J connectivity index is 0.00000280. The molecule has 3 rings (SSSR count). The van der Waals surface area contributed by atoms with Crippen molar-refractivity contribution in [3.63, 3.8) is 0 Å². The Labute approximate surface area is 171 Å². The van der Waals surface area contributed by atoms with Crippen LogP contribution in [0.25, 0.3) is 10.8 Å². The van der Waals surface area contributed by atoms with Crippen LogP contribution in [0.15, 0.2) is 74.6 Å². The molecule has 28 heavy (non-hydrogen) atoms. The fraction of sp³-hybridized carbons (Fsp3) is 0. The number of nitrogens with zero attached hydrogens (tertiary/aromatic N) is 2. The number of phenolic OH excluding ortho intramolecular Hbond substituents is 1. The smallest absolute Gasteiger partial charge is 0.506 e. The summed E-state index contributed by atoms with van der Waals surface area (Å²) in [6.07, 6.45) is 0. The Kier molecular flexibility index (Phi) is 6.25. The number of hydrogen-bond donors (Lipinski definition) is 3. The van der Waals surface area contributed by atoms with Crippen LogP contribution < -0.4 is 0 Å². The van der Waals surface area contributed by atoms with E-state index in [1.165, 1.54) is 36.4 Å². The van der Waals surface area contributed by atoms with Crippen LogP contribution in [0.2, 0.25) is 0 Å². The maximum absolute atomic E-state index is 11.2. The second kappa shape index (κ2) is 7.96. The average molecular weight is 435 g/mol. The fourth-order valence-corrected chi connectivity index (χ4v) is 3.33. The Morgan fingerprint density at radius 2 is 1.29 bits per heavy atom. The van der Waals surface area contributed by atoms with Gasteiger partial charge in [0, 0.05) is 5.39 Å². The van der Waals surface area contributed by atoms with E-state index in [0.29, 0.717) is 10.8 Å². The fourth-order valence-electron chi connectivity index (χ4n) is 2.34. The SMILES string of the molecule is O=S(=O)(O)c1ccc(N=Nc2c(O)ccc3cc(S(=O)(=O)O)ccc23)cc1.[Al+3]. The van der Waals surface area contributed by atoms with Crippen LogP contribution >= 0.6 is 0 Å². The molecule has 0 aliphatic heterocycles. The van der Waals surface area contributed by atoms with E-state index < -0.39 is 20.2 Å². The zero-order valence-electron chi connectivity index (χ0n) is 14.0. The molecule has 0 bridgehead atoms. The zero-order chi connectivity index (χ0) is 19.8. The van der Waals surface area contributed by atoms with E-state index >= 15 is 0 Å². The van der Waals surface area contributed by atoms with Crippen molar-refractivity contribution in [3.8, 4) is 5.75 Å². The Hall–Kier alpha value is -2.33. The predicted molar refractivity (Wildman–Crippen MR) is 102 cm³/mol. The van der Waals surface area contributed by atoms with Crippen LogP contribution in [-0.2, 0) is 20.2 Å². The van der Waals surface area contributed by atoms with Crippen molar-refractivity contribution >= 4 is 59.7 Å². The average Bonchev–Trinajstić information content (AvgIpc) is 2.59. The van der Waals surface area contributed by atoms with E-state index in [4.69, 9.17) is 9.11 Å². The zero-order valence-corrected chi connectivity index (χ0v) is 16.7. The predicted octanol–water partition coefficient (Wildman–Crippen LogP) is 3.07. The maximum atomic E-state index is 11.2. The van der Waals surface area contributed by atoms with Crippen molar-refractivity contribution in [1.82, 2.24) is 0 Å². The van der Waals surface area contributed by atoms with Gasteiger partial charge in [-0.05, 0) is 47.9 Å². The molecule has 0 atom stereocenters. The maximum Gasteiger partial charge on any atom is 3.00 e. The molecule has 0 radical (unpaired) electrons. The summed E-state index contributed by atoms with van der Waals surface area (Å²) in [4.78, 5) is -0.600. The van der Waals surface area contributed by atoms with Crippen molar-refractivity contribution in [2.75, 3.05) is 0 Å². The van der Waals surface area contributed by atoms with Gasteiger partial charge in [-0.1, -0.05) is 12.1 Å². The number of fused-ring (bicyclic) bond motifs is 1. The van der Waals surface area contributed by atoms with E-state index in [9.17, 15) is 21.9 Å². The van der Waals surface area contributed by atoms with Crippen LogP contribution in [0.1, 0.15) is 0 Å². The van der Waals surface area contributed by atoms with Gasteiger partial charge in [0.15, 0.2) is 0 Å². The number of benzene rings is 3. The Morgan fingerprint density at radius 1 is 0.714 bits per heavy atom. The van der Waals surface area contributed by atoms with Gasteiger partial charge in [-0.3, -0.25) is 9.11 Å². The van der Waals surface area contributed by atoms with Crippen LogP contribution in [0.3, 0.4) is 0 Å². The van der Waals surface area contributed by atoms with E-state index in [1.807, 2.05) is 0 Å². The van der Waals surface area contributed by atoms with E-state index in [-0.39, 0.29) is 44.3 Å². The molecule has 0 fully saturated rings. The van der Waals surface area contributed by atoms with Gasteiger partial charge in [0.25, 0.3) is 20.2 Å². The van der Waals surface area contributed by atoms with Gasteiger partial charge in [-0.25, -0.2) is 0 Å². The minimum absolute atomic E-state index is 0. The molecule has 3 aromatic rings. The minimum Gasteiger partial charge on any atom is -0.506 e. The molecule has 9 nitrogen and oxygen atoms in total. The van der Waals surface area contributed by atoms with Crippen molar-refractivity contribution in [2.24, 2.45) is 10.2 Å². The molecular formula is C16H12AlN2O7S2+3. The number of phenols is 1. The van der Waals surface area contributed by atoms with Gasteiger partial charge < -0.3 is 5.11 Å². The third kappa shape index (κ3) is 4.74. The molecule has 0 aliphatic carbocycles. The van der Waals surface area contributed by atoms with Gasteiger partial charge in [-0.15, -0.1) is 5.11 Å². The van der Waals surface area contributed by atoms with Crippen molar-refractivity contribution in [3.05, 3.63) is 54.6 Å². The first-order chi connectivity index (χ1) is 12.6. The van der Waals surface area contributed by atoms with Crippen molar-refractivity contribution < 1.29 is 31.0 Å². The summed E-state index contributed by atoms with van der Waals surface area (Å²) in [5.41, 5.74) is 0.321. The molecule has 3 N–H and O–H groups in total. The standard InChI is InChI=1S/C16H12N2O7S2.Al/c19-15-8-1-10-9-13(27(23,24)25)6-7-14(10)16(15)18-17-11-2-4-12(5-3-11)26(20,21)22;/h1-9,19H,(H,20,21,22)(H,23,24,25);/q;+3. The number of hydrogen-bond acceptors (Lipinski definition) is 7. The van der Waals surface area contributed by atoms with Crippen LogP contribution in [0.4, 0.5) is 11.4 Å². The first-order valence-corrected chi connectivity index (χ1v) is 10.2. The van der Waals surface area contributed by atoms with Crippen molar-refractivity contribution in [2.45, 2.75) is 9.79 Å². The second-order valence-electron chi connectivity index (χ2n) is 5.46. The first-order valence-electron chi connectivity index (χ1n) is 7.28. The summed E-state index contributed by atoms with van der Waals surface area (Å²) < 4.78 is 62.6. The van der Waals surface area contributed by atoms with Crippen LogP contribution in [0, 0.1) is 0 Å². The third-order valence-corrected chi connectivity index (χ3v) is 5.36. The molecular weight excluding hydrogens is 423 g/mol. The van der Waals surface area contributed by atoms with Crippen LogP contribution in [-0.4, -0.2) is 48.4 Å². The Bertz CT molecular complexity index is 1270. The monoisotopic (exact) mass is 435 g/mol. The molecule has 0 saturated carbocycles. The van der Waals surface area contributed by atoms with E-state index in [1.54, 1.807) is 0 Å². The molecule has 0 unspecified atom stereocenters. The summed E-state index contributed by atoms with van der Waals surface area (Å²) >= 11 is 0. The summed E-state index contributed by atoms with van der Waals surface area (Å²) in [5.74, 6) is -0.208. The number of rotatable bonds is 4. The molecule has 0 aliphatic rings. The molecule has 0 aromatic heterocycles. The molecule has 140 valence electrons. The molecule has 0 spiro atoms. The number of aromatic hydroxyl groups is 1. The second-order valence-corrected chi connectivity index (χ2v) is 8.30. The van der Waals surface area contributed by atoms with Crippen LogP contribution in [0.5, 0.6) is 5.75 Å². The molecule has 3 aromatic carbocycles. The summed E-state index contributed by atoms with van der Waals surface area (Å²) in [5, 5.41) is 18.7. The molecule has 0 heterocycles. The van der Waals surface area contributed by atoms with Gasteiger partial charge in [0.05, 0.1) is 15.5 Å². The van der Waals surface area contributed by atoms with Gasteiger partial charge >= 0.3 is 17.4 Å². The quantitative estimate of drug-likeness (QED) is 0.323. The largest absolute Gasteiger partial charge is 3.00 e. The van der Waals surface area contributed by atoms with E-state index in [2.05, 4.69) is 10.2 Å². The number of azo groups is 1. The molecule has 0 amide bonds. The molecule has 12 heteroatoms. The summed E-state index contributed by atoms with van der Waals surface area (Å²) in [6.45, 7) is 0. The van der Waals surface area contributed by atoms with Gasteiger partial charge in [-0.2, -0.15) is 21.9 Å². The normalized spacial score (nSPS) is 12.2. The summed E-state index contributed by atoms with van der Waals surface area (Å²) in [6, 6.07) is 11.4. The van der Waals surface area contributed by atoms with Gasteiger partial charge in [0.2, 0.25) is 0 Å².